The molecular formula is C37H29N3. The zero-order valence-electron chi connectivity index (χ0n) is 22.6. The summed E-state index contributed by atoms with van der Waals surface area (Å²) < 4.78 is 0. The third-order valence-corrected chi connectivity index (χ3v) is 8.09. The van der Waals surface area contributed by atoms with Gasteiger partial charge in [0.2, 0.25) is 0 Å². The number of aromatic nitrogens is 3. The molecule has 1 aliphatic carbocycles. The van der Waals surface area contributed by atoms with E-state index in [0.29, 0.717) is 17.5 Å². The van der Waals surface area contributed by atoms with Gasteiger partial charge in [-0.25, -0.2) is 15.0 Å². The SMILES string of the molecule is CC1(C)c2ccccc2C(c2ccc(-c3nc(-c4ccccc4)nc(-c4ccccc4)n3)cc2)c2ccccc21. The molecule has 0 aliphatic heterocycles. The number of rotatable bonds is 4. The molecule has 0 spiro atoms. The van der Waals surface area contributed by atoms with Crippen molar-refractivity contribution in [3.63, 3.8) is 0 Å². The van der Waals surface area contributed by atoms with Crippen LogP contribution in [0.4, 0.5) is 0 Å². The second-order valence-electron chi connectivity index (χ2n) is 10.9. The first-order valence-corrected chi connectivity index (χ1v) is 13.8. The molecule has 3 heteroatoms. The molecule has 7 rings (SSSR count). The molecule has 0 saturated heterocycles. The summed E-state index contributed by atoms with van der Waals surface area (Å²) in [7, 11) is 0. The normalized spacial score (nSPS) is 13.8. The van der Waals surface area contributed by atoms with Crippen LogP contribution in [0.2, 0.25) is 0 Å². The number of fused-ring (bicyclic) bond motifs is 2. The average molecular weight is 516 g/mol. The molecule has 192 valence electrons. The fourth-order valence-corrected chi connectivity index (χ4v) is 6.07. The Morgan fingerprint density at radius 2 is 0.800 bits per heavy atom. The maximum atomic E-state index is 4.91. The van der Waals surface area contributed by atoms with Crippen molar-refractivity contribution >= 4 is 0 Å². The van der Waals surface area contributed by atoms with Crippen LogP contribution < -0.4 is 0 Å². The van der Waals surface area contributed by atoms with Crippen molar-refractivity contribution in [1.82, 2.24) is 15.0 Å². The summed E-state index contributed by atoms with van der Waals surface area (Å²) >= 11 is 0. The van der Waals surface area contributed by atoms with Crippen molar-refractivity contribution in [2.24, 2.45) is 0 Å². The predicted octanol–water partition coefficient (Wildman–Crippen LogP) is 8.69. The van der Waals surface area contributed by atoms with Crippen molar-refractivity contribution in [1.29, 1.82) is 0 Å². The number of nitrogens with zero attached hydrogens (tertiary/aromatic N) is 3. The minimum atomic E-state index is -0.0455. The highest BCUT2D eigenvalue weighted by molar-refractivity contribution is 5.67. The van der Waals surface area contributed by atoms with Crippen LogP contribution >= 0.6 is 0 Å². The Balaban J connectivity index is 1.34. The molecule has 0 bridgehead atoms. The van der Waals surface area contributed by atoms with E-state index in [1.54, 1.807) is 0 Å². The summed E-state index contributed by atoms with van der Waals surface area (Å²) in [4.78, 5) is 14.7. The molecule has 0 fully saturated rings. The van der Waals surface area contributed by atoms with E-state index in [4.69, 9.17) is 15.0 Å². The highest BCUT2D eigenvalue weighted by Gasteiger charge is 2.37. The van der Waals surface area contributed by atoms with E-state index in [9.17, 15) is 0 Å². The third kappa shape index (κ3) is 4.11. The van der Waals surface area contributed by atoms with Gasteiger partial charge in [-0.2, -0.15) is 0 Å². The maximum Gasteiger partial charge on any atom is 0.164 e. The Morgan fingerprint density at radius 1 is 0.425 bits per heavy atom. The van der Waals surface area contributed by atoms with Gasteiger partial charge < -0.3 is 0 Å². The molecule has 0 radical (unpaired) electrons. The largest absolute Gasteiger partial charge is 0.208 e. The van der Waals surface area contributed by atoms with E-state index in [2.05, 4.69) is 86.6 Å². The van der Waals surface area contributed by atoms with Crippen molar-refractivity contribution in [2.75, 3.05) is 0 Å². The van der Waals surface area contributed by atoms with Gasteiger partial charge >= 0.3 is 0 Å². The summed E-state index contributed by atoms with van der Waals surface area (Å²) in [6, 6.07) is 46.8. The molecule has 0 atom stereocenters. The van der Waals surface area contributed by atoms with Gasteiger partial charge in [0, 0.05) is 28.0 Å². The average Bonchev–Trinajstić information content (AvgIpc) is 3.02. The lowest BCUT2D eigenvalue weighted by Crippen LogP contribution is -2.29. The van der Waals surface area contributed by atoms with Crippen LogP contribution in [0, 0.1) is 0 Å². The maximum absolute atomic E-state index is 4.91. The Labute approximate surface area is 235 Å². The van der Waals surface area contributed by atoms with Gasteiger partial charge in [0.25, 0.3) is 0 Å². The minimum Gasteiger partial charge on any atom is -0.208 e. The van der Waals surface area contributed by atoms with E-state index in [-0.39, 0.29) is 11.3 Å². The van der Waals surface area contributed by atoms with E-state index in [1.807, 2.05) is 60.7 Å². The Morgan fingerprint density at radius 3 is 1.25 bits per heavy atom. The van der Waals surface area contributed by atoms with Crippen LogP contribution in [0.5, 0.6) is 0 Å². The summed E-state index contributed by atoms with van der Waals surface area (Å²) in [5, 5.41) is 0. The van der Waals surface area contributed by atoms with Crippen molar-refractivity contribution in [2.45, 2.75) is 25.2 Å². The van der Waals surface area contributed by atoms with Crippen LogP contribution in [0.25, 0.3) is 34.2 Å². The molecular weight excluding hydrogens is 486 g/mol. The van der Waals surface area contributed by atoms with E-state index >= 15 is 0 Å². The minimum absolute atomic E-state index is 0.0455. The standard InChI is InChI=1S/C37H29N3/c1-37(2)31-19-11-9-17-29(31)33(30-18-10-12-20-32(30)37)25-21-23-28(24-22-25)36-39-34(26-13-5-3-6-14-26)38-35(40-36)27-15-7-4-8-16-27/h3-24,33H,1-2H3. The van der Waals surface area contributed by atoms with Gasteiger partial charge in [-0.1, -0.05) is 147 Å². The second kappa shape index (κ2) is 9.69. The summed E-state index contributed by atoms with van der Waals surface area (Å²) in [6.45, 7) is 4.67. The summed E-state index contributed by atoms with van der Waals surface area (Å²) in [5.41, 5.74) is 9.65. The van der Waals surface area contributed by atoms with E-state index in [0.717, 1.165) is 16.7 Å². The molecule has 5 aromatic carbocycles. The van der Waals surface area contributed by atoms with Crippen LogP contribution in [0.3, 0.4) is 0 Å². The lowest BCUT2D eigenvalue weighted by molar-refractivity contribution is 0.597. The molecule has 3 nitrogen and oxygen atoms in total. The van der Waals surface area contributed by atoms with E-state index < -0.39 is 0 Å². The molecule has 6 aromatic rings. The highest BCUT2D eigenvalue weighted by Crippen LogP contribution is 2.49. The highest BCUT2D eigenvalue weighted by atomic mass is 15.0. The van der Waals surface area contributed by atoms with Crippen LogP contribution in [-0.2, 0) is 5.41 Å². The van der Waals surface area contributed by atoms with Crippen LogP contribution in [-0.4, -0.2) is 15.0 Å². The lowest BCUT2D eigenvalue weighted by atomic mass is 9.64. The third-order valence-electron chi connectivity index (χ3n) is 8.09. The van der Waals surface area contributed by atoms with Crippen molar-refractivity contribution < 1.29 is 0 Å². The zero-order valence-corrected chi connectivity index (χ0v) is 22.6. The molecule has 1 aliphatic rings. The number of hydrogen-bond acceptors (Lipinski definition) is 3. The lowest BCUT2D eigenvalue weighted by Gasteiger charge is -2.39. The van der Waals surface area contributed by atoms with Crippen LogP contribution in [0.1, 0.15) is 47.6 Å². The van der Waals surface area contributed by atoms with Gasteiger partial charge in [0.1, 0.15) is 0 Å². The molecule has 40 heavy (non-hydrogen) atoms. The molecule has 0 amide bonds. The topological polar surface area (TPSA) is 38.7 Å². The quantitative estimate of drug-likeness (QED) is 0.236. The Hall–Kier alpha value is -4.89. The van der Waals surface area contributed by atoms with Crippen molar-refractivity contribution in [3.8, 4) is 34.2 Å². The van der Waals surface area contributed by atoms with Gasteiger partial charge in [-0.3, -0.25) is 0 Å². The Bertz CT molecular complexity index is 1700. The van der Waals surface area contributed by atoms with Crippen molar-refractivity contribution in [3.05, 3.63) is 161 Å². The molecule has 0 N–H and O–H groups in total. The van der Waals surface area contributed by atoms with Gasteiger partial charge in [0.15, 0.2) is 17.5 Å². The van der Waals surface area contributed by atoms with Crippen LogP contribution in [0.15, 0.2) is 133 Å². The first kappa shape index (κ1) is 24.2. The van der Waals surface area contributed by atoms with E-state index in [1.165, 1.54) is 27.8 Å². The van der Waals surface area contributed by atoms with Gasteiger partial charge in [-0.15, -0.1) is 0 Å². The number of hydrogen-bond donors (Lipinski definition) is 0. The number of benzene rings is 5. The molecule has 1 heterocycles. The summed E-state index contributed by atoms with van der Waals surface area (Å²) in [5.74, 6) is 2.19. The fourth-order valence-electron chi connectivity index (χ4n) is 6.07. The van der Waals surface area contributed by atoms with Gasteiger partial charge in [-0.05, 0) is 27.8 Å². The summed E-state index contributed by atoms with van der Waals surface area (Å²) in [6.07, 6.45) is 0. The van der Waals surface area contributed by atoms with Gasteiger partial charge in [0.05, 0.1) is 0 Å². The monoisotopic (exact) mass is 515 g/mol. The smallest absolute Gasteiger partial charge is 0.164 e. The predicted molar refractivity (Wildman–Crippen MR) is 162 cm³/mol. The zero-order chi connectivity index (χ0) is 27.1. The fraction of sp³-hybridized carbons (Fsp3) is 0.108. The first-order valence-electron chi connectivity index (χ1n) is 13.8. The molecule has 0 unspecified atom stereocenters. The molecule has 1 aromatic heterocycles. The Kier molecular flexibility index (Phi) is 5.86. The first-order chi connectivity index (χ1) is 19.6. The second-order valence-corrected chi connectivity index (χ2v) is 10.9. The molecule has 0 saturated carbocycles.